The Morgan fingerprint density at radius 3 is 2.29 bits per heavy atom. The first-order valence-corrected chi connectivity index (χ1v) is 11.3. The number of hydrogen-bond donors (Lipinski definition) is 2. The highest BCUT2D eigenvalue weighted by atomic mass is 35.5. The number of nitrogens with zero attached hydrogens (tertiary/aromatic N) is 3. The number of aromatic nitrogens is 3. The van der Waals surface area contributed by atoms with E-state index in [1.165, 1.54) is 0 Å². The highest BCUT2D eigenvalue weighted by Crippen LogP contribution is 2.23. The molecule has 8 nitrogen and oxygen atoms in total. The Bertz CT molecular complexity index is 1320. The van der Waals surface area contributed by atoms with Crippen LogP contribution in [0.1, 0.15) is 12.5 Å². The molecule has 0 unspecified atom stereocenters. The number of halogens is 1. The molecule has 0 saturated heterocycles. The average molecular weight is 496 g/mol. The van der Waals surface area contributed by atoms with Gasteiger partial charge in [-0.3, -0.25) is 10.1 Å². The Hall–Kier alpha value is -3.69. The fraction of sp³-hybridized carbons (Fsp3) is 0.167. The first kappa shape index (κ1) is 23.5. The van der Waals surface area contributed by atoms with Gasteiger partial charge < -0.3 is 14.8 Å². The molecule has 0 radical (unpaired) electrons. The number of rotatable bonds is 7. The van der Waals surface area contributed by atoms with Gasteiger partial charge in [-0.1, -0.05) is 11.6 Å². The third kappa shape index (κ3) is 5.81. The molecular formula is C24H22ClN5O3S. The van der Waals surface area contributed by atoms with Crippen LogP contribution in [0.15, 0.2) is 60.7 Å². The zero-order valence-electron chi connectivity index (χ0n) is 18.5. The van der Waals surface area contributed by atoms with Gasteiger partial charge in [0.25, 0.3) is 5.91 Å². The topological polar surface area (TPSA) is 90.3 Å². The molecule has 0 fully saturated rings. The van der Waals surface area contributed by atoms with Crippen molar-refractivity contribution in [3.63, 3.8) is 0 Å². The van der Waals surface area contributed by atoms with E-state index in [1.54, 1.807) is 29.1 Å². The van der Waals surface area contributed by atoms with Gasteiger partial charge >= 0.3 is 0 Å². The lowest BCUT2D eigenvalue weighted by atomic mass is 10.2. The van der Waals surface area contributed by atoms with E-state index in [2.05, 4.69) is 20.8 Å². The van der Waals surface area contributed by atoms with Crippen molar-refractivity contribution < 1.29 is 14.3 Å². The van der Waals surface area contributed by atoms with E-state index in [0.29, 0.717) is 22.9 Å². The van der Waals surface area contributed by atoms with Crippen molar-refractivity contribution >= 4 is 51.6 Å². The van der Waals surface area contributed by atoms with Crippen LogP contribution >= 0.6 is 23.8 Å². The second kappa shape index (κ2) is 10.5. The van der Waals surface area contributed by atoms with Crippen LogP contribution in [0.4, 0.5) is 5.69 Å². The molecule has 174 valence electrons. The van der Waals surface area contributed by atoms with Gasteiger partial charge in [0, 0.05) is 10.7 Å². The van der Waals surface area contributed by atoms with Gasteiger partial charge in [0.05, 0.1) is 12.3 Å². The Morgan fingerprint density at radius 2 is 1.62 bits per heavy atom. The van der Waals surface area contributed by atoms with E-state index < -0.39 is 0 Å². The zero-order chi connectivity index (χ0) is 24.1. The van der Waals surface area contributed by atoms with Crippen LogP contribution in [-0.2, 0) is 4.79 Å². The minimum Gasteiger partial charge on any atom is -0.494 e. The highest BCUT2D eigenvalue weighted by Gasteiger charge is 2.11. The number of benzene rings is 3. The van der Waals surface area contributed by atoms with Crippen molar-refractivity contribution in [3.8, 4) is 17.2 Å². The molecule has 0 spiro atoms. The number of anilines is 1. The van der Waals surface area contributed by atoms with Crippen molar-refractivity contribution in [3.05, 3.63) is 71.2 Å². The third-order valence-electron chi connectivity index (χ3n) is 4.79. The van der Waals surface area contributed by atoms with Crippen LogP contribution in [0, 0.1) is 6.92 Å². The smallest absolute Gasteiger partial charge is 0.264 e. The Balaban J connectivity index is 1.40. The maximum atomic E-state index is 12.2. The molecule has 0 aliphatic rings. The Labute approximate surface area is 206 Å². The van der Waals surface area contributed by atoms with Crippen molar-refractivity contribution in [2.45, 2.75) is 13.8 Å². The maximum absolute atomic E-state index is 12.2. The number of aryl methyl sites for hydroxylation is 1. The van der Waals surface area contributed by atoms with E-state index in [4.69, 9.17) is 33.3 Å². The highest BCUT2D eigenvalue weighted by molar-refractivity contribution is 7.80. The average Bonchev–Trinajstić information content (AvgIpc) is 3.22. The number of nitrogens with one attached hydrogen (secondary N) is 2. The maximum Gasteiger partial charge on any atom is 0.264 e. The predicted octanol–water partition coefficient (Wildman–Crippen LogP) is 4.67. The Morgan fingerprint density at radius 1 is 1.00 bits per heavy atom. The second-order valence-electron chi connectivity index (χ2n) is 7.32. The number of ether oxygens (including phenoxy) is 2. The fourth-order valence-electron chi connectivity index (χ4n) is 3.16. The summed E-state index contributed by atoms with van der Waals surface area (Å²) < 4.78 is 10.9. The molecule has 0 bridgehead atoms. The molecule has 2 N–H and O–H groups in total. The zero-order valence-corrected chi connectivity index (χ0v) is 20.1. The summed E-state index contributed by atoms with van der Waals surface area (Å²) in [5, 5.41) is 15.5. The van der Waals surface area contributed by atoms with E-state index in [0.717, 1.165) is 28.2 Å². The van der Waals surface area contributed by atoms with Crippen LogP contribution in [0.25, 0.3) is 16.7 Å². The molecule has 4 rings (SSSR count). The quantitative estimate of drug-likeness (QED) is 0.360. The minimum atomic E-state index is -0.382. The first-order chi connectivity index (χ1) is 16.4. The van der Waals surface area contributed by atoms with Crippen molar-refractivity contribution in [1.29, 1.82) is 0 Å². The number of amides is 1. The van der Waals surface area contributed by atoms with E-state index in [1.807, 2.05) is 50.2 Å². The predicted molar refractivity (Wildman–Crippen MR) is 136 cm³/mol. The van der Waals surface area contributed by atoms with Gasteiger partial charge in [-0.25, -0.2) is 0 Å². The molecule has 4 aromatic rings. The summed E-state index contributed by atoms with van der Waals surface area (Å²) in [5.41, 5.74) is 3.86. The number of carbonyl (C=O) groups excluding carboxylic acids is 1. The third-order valence-corrected chi connectivity index (χ3v) is 5.25. The van der Waals surface area contributed by atoms with Crippen LogP contribution < -0.4 is 20.1 Å². The van der Waals surface area contributed by atoms with Crippen LogP contribution in [0.2, 0.25) is 5.02 Å². The normalized spacial score (nSPS) is 10.7. The van der Waals surface area contributed by atoms with Gasteiger partial charge in [-0.15, -0.1) is 10.2 Å². The number of fused-ring (bicyclic) bond motifs is 1. The summed E-state index contributed by atoms with van der Waals surface area (Å²) in [5.74, 6) is 0.947. The summed E-state index contributed by atoms with van der Waals surface area (Å²) in [7, 11) is 0. The van der Waals surface area contributed by atoms with Crippen molar-refractivity contribution in [2.75, 3.05) is 18.5 Å². The molecule has 0 saturated carbocycles. The van der Waals surface area contributed by atoms with E-state index in [9.17, 15) is 4.79 Å². The SMILES string of the molecule is CCOc1ccc(-n2nc3cc(C)c(NC(=S)NC(=O)COc4ccc(Cl)cc4)cc3n2)cc1. The van der Waals surface area contributed by atoms with Gasteiger partial charge in [-0.05, 0) is 92.3 Å². The van der Waals surface area contributed by atoms with Crippen LogP contribution in [0.5, 0.6) is 11.5 Å². The summed E-state index contributed by atoms with van der Waals surface area (Å²) in [6.45, 7) is 4.29. The molecule has 0 atom stereocenters. The lowest BCUT2D eigenvalue weighted by Crippen LogP contribution is -2.37. The molecule has 1 amide bonds. The summed E-state index contributed by atoms with van der Waals surface area (Å²) in [6, 6.07) is 18.0. The van der Waals surface area contributed by atoms with Gasteiger partial charge in [-0.2, -0.15) is 4.80 Å². The molecule has 0 aliphatic heterocycles. The number of thiocarbonyl (C=S) groups is 1. The summed E-state index contributed by atoms with van der Waals surface area (Å²) in [4.78, 5) is 13.7. The van der Waals surface area contributed by atoms with Crippen molar-refractivity contribution in [1.82, 2.24) is 20.3 Å². The van der Waals surface area contributed by atoms with Gasteiger partial charge in [0.1, 0.15) is 22.5 Å². The fourth-order valence-corrected chi connectivity index (χ4v) is 3.51. The molecular weight excluding hydrogens is 474 g/mol. The lowest BCUT2D eigenvalue weighted by molar-refractivity contribution is -0.121. The number of carbonyl (C=O) groups is 1. The van der Waals surface area contributed by atoms with Crippen LogP contribution in [0.3, 0.4) is 0 Å². The first-order valence-electron chi connectivity index (χ1n) is 10.5. The molecule has 1 aromatic heterocycles. The number of hydrogen-bond acceptors (Lipinski definition) is 6. The Kier molecular flexibility index (Phi) is 7.24. The van der Waals surface area contributed by atoms with E-state index in [-0.39, 0.29) is 17.6 Å². The second-order valence-corrected chi connectivity index (χ2v) is 8.16. The molecule has 3 aromatic carbocycles. The van der Waals surface area contributed by atoms with E-state index >= 15 is 0 Å². The van der Waals surface area contributed by atoms with Crippen molar-refractivity contribution in [2.24, 2.45) is 0 Å². The molecule has 34 heavy (non-hydrogen) atoms. The largest absolute Gasteiger partial charge is 0.494 e. The molecule has 1 heterocycles. The van der Waals surface area contributed by atoms with Gasteiger partial charge in [0.15, 0.2) is 11.7 Å². The van der Waals surface area contributed by atoms with Gasteiger partial charge in [0.2, 0.25) is 0 Å². The molecule has 10 heteroatoms. The molecule has 0 aliphatic carbocycles. The van der Waals surface area contributed by atoms with Crippen LogP contribution in [-0.4, -0.2) is 39.2 Å². The standard InChI is InChI=1S/C24H22ClN5O3S/c1-3-32-18-10-6-17(7-11-18)30-28-21-12-15(2)20(13-22(21)29-30)26-24(34)27-23(31)14-33-19-8-4-16(25)5-9-19/h4-13H,3,14H2,1-2H3,(H2,26,27,31,34). The summed E-state index contributed by atoms with van der Waals surface area (Å²) >= 11 is 11.1. The summed E-state index contributed by atoms with van der Waals surface area (Å²) in [6.07, 6.45) is 0. The monoisotopic (exact) mass is 495 g/mol. The minimum absolute atomic E-state index is 0.158. The lowest BCUT2D eigenvalue weighted by Gasteiger charge is -2.12.